The van der Waals surface area contributed by atoms with Crippen molar-refractivity contribution in [3.8, 4) is 0 Å². The largest absolute Gasteiger partial charge is 0.371 e. The fraction of sp³-hybridized carbons (Fsp3) is 0.571. The van der Waals surface area contributed by atoms with Crippen LogP contribution >= 0.6 is 15.9 Å². The van der Waals surface area contributed by atoms with Crippen LogP contribution in [0.4, 0.5) is 5.69 Å². The Morgan fingerprint density at radius 3 is 2.44 bits per heavy atom. The number of hydrogen-bond donors (Lipinski definition) is 0. The molecule has 1 fully saturated rings. The standard InChI is InChI=1S/C14H20BrN/c1-10-12(15)6-5-7-13(10)16-8-11(9-16)14(2,3)4/h5-7,11H,8-9H2,1-4H3. The van der Waals surface area contributed by atoms with Gasteiger partial charge in [0.15, 0.2) is 0 Å². The molecule has 0 aliphatic carbocycles. The summed E-state index contributed by atoms with van der Waals surface area (Å²) < 4.78 is 1.21. The van der Waals surface area contributed by atoms with Gasteiger partial charge in [0.05, 0.1) is 0 Å². The molecule has 0 unspecified atom stereocenters. The van der Waals surface area contributed by atoms with Crippen LogP contribution in [0.5, 0.6) is 0 Å². The monoisotopic (exact) mass is 281 g/mol. The topological polar surface area (TPSA) is 3.24 Å². The van der Waals surface area contributed by atoms with Crippen molar-refractivity contribution in [1.82, 2.24) is 0 Å². The minimum absolute atomic E-state index is 0.441. The van der Waals surface area contributed by atoms with Gasteiger partial charge in [-0.3, -0.25) is 0 Å². The van der Waals surface area contributed by atoms with Crippen molar-refractivity contribution in [2.75, 3.05) is 18.0 Å². The van der Waals surface area contributed by atoms with Gasteiger partial charge in [0.1, 0.15) is 0 Å². The third-order valence-corrected chi connectivity index (χ3v) is 4.55. The molecule has 0 radical (unpaired) electrons. The Morgan fingerprint density at radius 2 is 1.88 bits per heavy atom. The second-order valence-electron chi connectivity index (χ2n) is 5.85. The van der Waals surface area contributed by atoms with Gasteiger partial charge in [0, 0.05) is 23.2 Å². The van der Waals surface area contributed by atoms with Crippen LogP contribution in [-0.4, -0.2) is 13.1 Å². The van der Waals surface area contributed by atoms with Gasteiger partial charge in [0.25, 0.3) is 0 Å². The third kappa shape index (κ3) is 2.13. The van der Waals surface area contributed by atoms with Crippen LogP contribution in [-0.2, 0) is 0 Å². The SMILES string of the molecule is Cc1c(Br)cccc1N1CC(C(C)(C)C)C1. The molecular weight excluding hydrogens is 262 g/mol. The summed E-state index contributed by atoms with van der Waals surface area (Å²) in [5.74, 6) is 0.825. The highest BCUT2D eigenvalue weighted by molar-refractivity contribution is 9.10. The van der Waals surface area contributed by atoms with E-state index < -0.39 is 0 Å². The maximum atomic E-state index is 3.60. The summed E-state index contributed by atoms with van der Waals surface area (Å²) in [5, 5.41) is 0. The molecule has 16 heavy (non-hydrogen) atoms. The van der Waals surface area contributed by atoms with Crippen molar-refractivity contribution in [2.45, 2.75) is 27.7 Å². The second-order valence-corrected chi connectivity index (χ2v) is 6.71. The van der Waals surface area contributed by atoms with Gasteiger partial charge in [-0.15, -0.1) is 0 Å². The molecule has 0 spiro atoms. The number of rotatable bonds is 1. The first-order valence-electron chi connectivity index (χ1n) is 5.89. The van der Waals surface area contributed by atoms with Crippen LogP contribution in [0.25, 0.3) is 0 Å². The molecule has 88 valence electrons. The summed E-state index contributed by atoms with van der Waals surface area (Å²) in [6.07, 6.45) is 0. The molecular formula is C14H20BrN. The maximum Gasteiger partial charge on any atom is 0.0407 e. The fourth-order valence-electron chi connectivity index (χ4n) is 2.16. The highest BCUT2D eigenvalue weighted by Gasteiger charge is 2.36. The van der Waals surface area contributed by atoms with E-state index in [0.717, 1.165) is 5.92 Å². The van der Waals surface area contributed by atoms with E-state index >= 15 is 0 Å². The molecule has 1 aromatic carbocycles. The number of benzene rings is 1. The normalized spacial score (nSPS) is 17.4. The first-order valence-corrected chi connectivity index (χ1v) is 6.69. The summed E-state index contributed by atoms with van der Waals surface area (Å²) in [4.78, 5) is 2.48. The molecule has 0 aromatic heterocycles. The zero-order valence-corrected chi connectivity index (χ0v) is 12.1. The number of anilines is 1. The lowest BCUT2D eigenvalue weighted by Crippen LogP contribution is -2.52. The summed E-state index contributed by atoms with van der Waals surface area (Å²) in [6.45, 7) is 11.6. The van der Waals surface area contributed by atoms with E-state index in [4.69, 9.17) is 0 Å². The second kappa shape index (κ2) is 4.06. The molecule has 1 aromatic rings. The zero-order chi connectivity index (χ0) is 11.9. The maximum absolute atomic E-state index is 3.60. The molecule has 0 saturated carbocycles. The van der Waals surface area contributed by atoms with Crippen LogP contribution in [0.15, 0.2) is 22.7 Å². The molecule has 1 saturated heterocycles. The molecule has 1 aliphatic rings. The summed E-state index contributed by atoms with van der Waals surface area (Å²) in [6, 6.07) is 6.45. The van der Waals surface area contributed by atoms with Crippen molar-refractivity contribution >= 4 is 21.6 Å². The smallest absolute Gasteiger partial charge is 0.0407 e. The van der Waals surface area contributed by atoms with E-state index in [1.807, 2.05) is 0 Å². The van der Waals surface area contributed by atoms with Gasteiger partial charge in [-0.1, -0.05) is 42.8 Å². The van der Waals surface area contributed by atoms with Gasteiger partial charge in [0.2, 0.25) is 0 Å². The Morgan fingerprint density at radius 1 is 1.25 bits per heavy atom. The van der Waals surface area contributed by atoms with E-state index in [0.29, 0.717) is 5.41 Å². The average molecular weight is 282 g/mol. The Hall–Kier alpha value is -0.500. The summed E-state index contributed by atoms with van der Waals surface area (Å²) >= 11 is 3.60. The van der Waals surface area contributed by atoms with Crippen molar-refractivity contribution in [1.29, 1.82) is 0 Å². The minimum Gasteiger partial charge on any atom is -0.371 e. The van der Waals surface area contributed by atoms with E-state index in [9.17, 15) is 0 Å². The van der Waals surface area contributed by atoms with Crippen LogP contribution < -0.4 is 4.90 Å². The third-order valence-electron chi connectivity index (χ3n) is 3.69. The van der Waals surface area contributed by atoms with Crippen molar-refractivity contribution in [3.05, 3.63) is 28.2 Å². The molecule has 0 amide bonds. The molecule has 1 aliphatic heterocycles. The predicted molar refractivity (Wildman–Crippen MR) is 74.0 cm³/mol. The number of hydrogen-bond acceptors (Lipinski definition) is 1. The van der Waals surface area contributed by atoms with Gasteiger partial charge in [-0.25, -0.2) is 0 Å². The zero-order valence-electron chi connectivity index (χ0n) is 10.5. The fourth-order valence-corrected chi connectivity index (χ4v) is 2.52. The van der Waals surface area contributed by atoms with Gasteiger partial charge >= 0.3 is 0 Å². The van der Waals surface area contributed by atoms with Crippen LogP contribution in [0.1, 0.15) is 26.3 Å². The van der Waals surface area contributed by atoms with Gasteiger partial charge < -0.3 is 4.90 Å². The predicted octanol–water partition coefficient (Wildman–Crippen LogP) is 4.24. The molecule has 0 N–H and O–H groups in total. The van der Waals surface area contributed by atoms with Crippen LogP contribution in [0.2, 0.25) is 0 Å². The van der Waals surface area contributed by atoms with Crippen molar-refractivity contribution < 1.29 is 0 Å². The highest BCUT2D eigenvalue weighted by Crippen LogP contribution is 2.38. The lowest BCUT2D eigenvalue weighted by Gasteiger charge is -2.48. The lowest BCUT2D eigenvalue weighted by atomic mass is 9.75. The Kier molecular flexibility index (Phi) is 3.04. The van der Waals surface area contributed by atoms with Gasteiger partial charge in [-0.2, -0.15) is 0 Å². The minimum atomic E-state index is 0.441. The Balaban J connectivity index is 2.10. The van der Waals surface area contributed by atoms with Crippen LogP contribution in [0, 0.1) is 18.3 Å². The first kappa shape index (κ1) is 12.0. The summed E-state index contributed by atoms with van der Waals surface area (Å²) in [7, 11) is 0. The Labute approximate surface area is 107 Å². The van der Waals surface area contributed by atoms with Gasteiger partial charge in [-0.05, 0) is 36.0 Å². The molecule has 2 rings (SSSR count). The van der Waals surface area contributed by atoms with Crippen LogP contribution in [0.3, 0.4) is 0 Å². The summed E-state index contributed by atoms with van der Waals surface area (Å²) in [5.41, 5.74) is 3.18. The van der Waals surface area contributed by atoms with E-state index in [1.165, 1.54) is 28.8 Å². The van der Waals surface area contributed by atoms with Crippen molar-refractivity contribution in [3.63, 3.8) is 0 Å². The molecule has 0 atom stereocenters. The van der Waals surface area contributed by atoms with Crippen molar-refractivity contribution in [2.24, 2.45) is 11.3 Å². The average Bonchev–Trinajstić information content (AvgIpc) is 2.07. The molecule has 1 heterocycles. The first-order chi connectivity index (χ1) is 7.39. The number of halogens is 1. The molecule has 2 heteroatoms. The van der Waals surface area contributed by atoms with E-state index in [2.05, 4.69) is 66.7 Å². The Bertz CT molecular complexity index is 386. The highest BCUT2D eigenvalue weighted by atomic mass is 79.9. The quantitative estimate of drug-likeness (QED) is 0.744. The van der Waals surface area contributed by atoms with E-state index in [1.54, 1.807) is 0 Å². The van der Waals surface area contributed by atoms with E-state index in [-0.39, 0.29) is 0 Å². The molecule has 0 bridgehead atoms. The lowest BCUT2D eigenvalue weighted by molar-refractivity contribution is 0.195. The number of nitrogens with zero attached hydrogens (tertiary/aromatic N) is 1. The molecule has 1 nitrogen and oxygen atoms in total.